The Balaban J connectivity index is 1.59. The SMILES string of the molecule is CN(C)C(=O)CN1CCC(Nc2ncnc3ccccc23)CC1. The van der Waals surface area contributed by atoms with Gasteiger partial charge in [-0.3, -0.25) is 9.69 Å². The van der Waals surface area contributed by atoms with Crippen LogP contribution in [0.4, 0.5) is 5.82 Å². The van der Waals surface area contributed by atoms with E-state index in [0.29, 0.717) is 12.6 Å². The highest BCUT2D eigenvalue weighted by Gasteiger charge is 2.22. The smallest absolute Gasteiger partial charge is 0.236 e. The van der Waals surface area contributed by atoms with Crippen LogP contribution in [0.2, 0.25) is 0 Å². The molecule has 1 aliphatic rings. The molecule has 23 heavy (non-hydrogen) atoms. The van der Waals surface area contributed by atoms with E-state index in [1.54, 1.807) is 25.3 Å². The van der Waals surface area contributed by atoms with Gasteiger partial charge in [0.2, 0.25) is 5.91 Å². The summed E-state index contributed by atoms with van der Waals surface area (Å²) in [4.78, 5) is 24.3. The van der Waals surface area contributed by atoms with Crippen molar-refractivity contribution in [3.63, 3.8) is 0 Å². The Bertz CT molecular complexity index is 674. The zero-order chi connectivity index (χ0) is 16.2. The minimum absolute atomic E-state index is 0.165. The summed E-state index contributed by atoms with van der Waals surface area (Å²) in [6, 6.07) is 8.42. The Kier molecular flexibility index (Phi) is 4.71. The first kappa shape index (κ1) is 15.7. The third kappa shape index (κ3) is 3.76. The number of rotatable bonds is 4. The van der Waals surface area contributed by atoms with Gasteiger partial charge in [0.05, 0.1) is 12.1 Å². The summed E-state index contributed by atoms with van der Waals surface area (Å²) in [6.45, 7) is 2.37. The summed E-state index contributed by atoms with van der Waals surface area (Å²) in [5, 5.41) is 4.60. The number of carbonyl (C=O) groups excluding carboxylic acids is 1. The predicted octanol–water partition coefficient (Wildman–Crippen LogP) is 1.59. The topological polar surface area (TPSA) is 61.4 Å². The summed E-state index contributed by atoms with van der Waals surface area (Å²) in [5.74, 6) is 1.07. The van der Waals surface area contributed by atoms with Gasteiger partial charge in [0.1, 0.15) is 12.1 Å². The van der Waals surface area contributed by atoms with Crippen molar-refractivity contribution in [3.8, 4) is 0 Å². The molecule has 1 saturated heterocycles. The summed E-state index contributed by atoms with van der Waals surface area (Å²) in [5.41, 5.74) is 0.957. The molecule has 6 heteroatoms. The van der Waals surface area contributed by atoms with Gasteiger partial charge in [-0.1, -0.05) is 12.1 Å². The van der Waals surface area contributed by atoms with Crippen molar-refractivity contribution in [2.45, 2.75) is 18.9 Å². The molecule has 0 saturated carbocycles. The summed E-state index contributed by atoms with van der Waals surface area (Å²) in [7, 11) is 3.60. The number of hydrogen-bond donors (Lipinski definition) is 1. The molecular weight excluding hydrogens is 290 g/mol. The molecule has 1 aromatic carbocycles. The summed E-state index contributed by atoms with van der Waals surface area (Å²) < 4.78 is 0. The van der Waals surface area contributed by atoms with E-state index >= 15 is 0 Å². The first-order valence-corrected chi connectivity index (χ1v) is 8.02. The molecule has 0 unspecified atom stereocenters. The first-order chi connectivity index (χ1) is 11.1. The number of nitrogens with zero attached hydrogens (tertiary/aromatic N) is 4. The molecule has 1 N–H and O–H groups in total. The van der Waals surface area contributed by atoms with Crippen molar-refractivity contribution in [3.05, 3.63) is 30.6 Å². The van der Waals surface area contributed by atoms with Crippen molar-refractivity contribution in [1.29, 1.82) is 0 Å². The lowest BCUT2D eigenvalue weighted by Gasteiger charge is -2.32. The Morgan fingerprint density at radius 1 is 1.26 bits per heavy atom. The van der Waals surface area contributed by atoms with Gasteiger partial charge in [0.25, 0.3) is 0 Å². The number of carbonyl (C=O) groups is 1. The predicted molar refractivity (Wildman–Crippen MR) is 91.3 cm³/mol. The number of nitrogens with one attached hydrogen (secondary N) is 1. The number of aromatic nitrogens is 2. The Morgan fingerprint density at radius 3 is 2.74 bits per heavy atom. The number of anilines is 1. The lowest BCUT2D eigenvalue weighted by atomic mass is 10.0. The van der Waals surface area contributed by atoms with Gasteiger partial charge in [-0.15, -0.1) is 0 Å². The van der Waals surface area contributed by atoms with Crippen LogP contribution < -0.4 is 5.32 Å². The van der Waals surface area contributed by atoms with Crippen LogP contribution in [0.25, 0.3) is 10.9 Å². The van der Waals surface area contributed by atoms with Gasteiger partial charge in [-0.2, -0.15) is 0 Å². The number of benzene rings is 1. The van der Waals surface area contributed by atoms with Gasteiger partial charge in [-0.05, 0) is 25.0 Å². The maximum atomic E-state index is 11.8. The standard InChI is InChI=1S/C17H23N5O/c1-21(2)16(23)11-22-9-7-13(8-10-22)20-17-14-5-3-4-6-15(14)18-12-19-17/h3-6,12-13H,7-11H2,1-2H3,(H,18,19,20). The van der Waals surface area contributed by atoms with Crippen LogP contribution in [0.5, 0.6) is 0 Å². The second kappa shape index (κ2) is 6.91. The van der Waals surface area contributed by atoms with Gasteiger partial charge >= 0.3 is 0 Å². The quantitative estimate of drug-likeness (QED) is 0.929. The van der Waals surface area contributed by atoms with Crippen LogP contribution in [0.3, 0.4) is 0 Å². The third-order valence-electron chi connectivity index (χ3n) is 4.33. The average molecular weight is 313 g/mol. The number of para-hydroxylation sites is 1. The highest BCUT2D eigenvalue weighted by atomic mass is 16.2. The van der Waals surface area contributed by atoms with E-state index in [1.165, 1.54) is 0 Å². The van der Waals surface area contributed by atoms with Crippen molar-refractivity contribution < 1.29 is 4.79 Å². The second-order valence-electron chi connectivity index (χ2n) is 6.22. The van der Waals surface area contributed by atoms with Crippen molar-refractivity contribution in [2.75, 3.05) is 39.0 Å². The average Bonchev–Trinajstić information content (AvgIpc) is 2.57. The number of likely N-dealkylation sites (N-methyl/N-ethyl adjacent to an activating group) is 1. The molecule has 0 aliphatic carbocycles. The summed E-state index contributed by atoms with van der Waals surface area (Å²) in [6.07, 6.45) is 3.63. The van der Waals surface area contributed by atoms with E-state index in [-0.39, 0.29) is 5.91 Å². The molecule has 122 valence electrons. The molecule has 1 amide bonds. The highest BCUT2D eigenvalue weighted by Crippen LogP contribution is 2.21. The van der Waals surface area contributed by atoms with Crippen molar-refractivity contribution in [2.24, 2.45) is 0 Å². The van der Waals surface area contributed by atoms with Crippen molar-refractivity contribution in [1.82, 2.24) is 19.8 Å². The lowest BCUT2D eigenvalue weighted by molar-refractivity contribution is -0.130. The fourth-order valence-electron chi connectivity index (χ4n) is 2.88. The van der Waals surface area contributed by atoms with Crippen LogP contribution in [0.15, 0.2) is 30.6 Å². The second-order valence-corrected chi connectivity index (χ2v) is 6.22. The van der Waals surface area contributed by atoms with Crippen LogP contribution in [-0.2, 0) is 4.79 Å². The normalized spacial score (nSPS) is 16.4. The molecule has 3 rings (SSSR count). The van der Waals surface area contributed by atoms with E-state index in [4.69, 9.17) is 0 Å². The Labute approximate surface area is 136 Å². The molecule has 0 radical (unpaired) electrons. The number of amides is 1. The van der Waals surface area contributed by atoms with E-state index in [0.717, 1.165) is 42.7 Å². The largest absolute Gasteiger partial charge is 0.367 e. The van der Waals surface area contributed by atoms with Crippen molar-refractivity contribution >= 4 is 22.6 Å². The van der Waals surface area contributed by atoms with E-state index in [2.05, 4.69) is 20.2 Å². The van der Waals surface area contributed by atoms with Crippen LogP contribution >= 0.6 is 0 Å². The number of fused-ring (bicyclic) bond motifs is 1. The highest BCUT2D eigenvalue weighted by molar-refractivity contribution is 5.88. The van der Waals surface area contributed by atoms with Gasteiger partial charge < -0.3 is 10.2 Å². The molecular formula is C17H23N5O. The zero-order valence-electron chi connectivity index (χ0n) is 13.7. The molecule has 6 nitrogen and oxygen atoms in total. The van der Waals surface area contributed by atoms with Crippen LogP contribution in [0, 0.1) is 0 Å². The maximum absolute atomic E-state index is 11.8. The molecule has 0 bridgehead atoms. The minimum atomic E-state index is 0.165. The molecule has 2 aromatic rings. The van der Waals surface area contributed by atoms with E-state index < -0.39 is 0 Å². The third-order valence-corrected chi connectivity index (χ3v) is 4.33. The number of piperidine rings is 1. The lowest BCUT2D eigenvalue weighted by Crippen LogP contribution is -2.44. The minimum Gasteiger partial charge on any atom is -0.367 e. The molecule has 1 aliphatic heterocycles. The van der Waals surface area contributed by atoms with Gasteiger partial charge in [0, 0.05) is 38.6 Å². The van der Waals surface area contributed by atoms with E-state index in [1.807, 2.05) is 24.3 Å². The monoisotopic (exact) mass is 313 g/mol. The molecule has 1 aromatic heterocycles. The molecule has 1 fully saturated rings. The molecule has 0 spiro atoms. The maximum Gasteiger partial charge on any atom is 0.236 e. The Hall–Kier alpha value is -2.21. The fourth-order valence-corrected chi connectivity index (χ4v) is 2.88. The van der Waals surface area contributed by atoms with Gasteiger partial charge in [0.15, 0.2) is 0 Å². The molecule has 2 heterocycles. The summed E-state index contributed by atoms with van der Waals surface area (Å²) >= 11 is 0. The van der Waals surface area contributed by atoms with Crippen LogP contribution in [-0.4, -0.2) is 65.4 Å². The molecule has 0 atom stereocenters. The van der Waals surface area contributed by atoms with E-state index in [9.17, 15) is 4.79 Å². The Morgan fingerprint density at radius 2 is 2.00 bits per heavy atom. The fraction of sp³-hybridized carbons (Fsp3) is 0.471. The van der Waals surface area contributed by atoms with Crippen LogP contribution in [0.1, 0.15) is 12.8 Å². The number of likely N-dealkylation sites (tertiary alicyclic amines) is 1. The first-order valence-electron chi connectivity index (χ1n) is 8.02. The zero-order valence-corrected chi connectivity index (χ0v) is 13.7. The van der Waals surface area contributed by atoms with Gasteiger partial charge in [-0.25, -0.2) is 9.97 Å². The number of hydrogen-bond acceptors (Lipinski definition) is 5.